The van der Waals surface area contributed by atoms with E-state index in [1.807, 2.05) is 42.5 Å². The lowest BCUT2D eigenvalue weighted by Gasteiger charge is -2.19. The molecule has 0 bridgehead atoms. The van der Waals surface area contributed by atoms with Gasteiger partial charge in [-0.25, -0.2) is 4.98 Å². The highest BCUT2D eigenvalue weighted by molar-refractivity contribution is 8.02. The summed E-state index contributed by atoms with van der Waals surface area (Å²) in [7, 11) is 0. The molecule has 0 spiro atoms. The van der Waals surface area contributed by atoms with Crippen LogP contribution in [0.4, 0.5) is 0 Å². The Labute approximate surface area is 170 Å². The highest BCUT2D eigenvalue weighted by Crippen LogP contribution is 2.38. The molecule has 0 unspecified atom stereocenters. The van der Waals surface area contributed by atoms with Crippen LogP contribution in [0.5, 0.6) is 5.88 Å². The van der Waals surface area contributed by atoms with Gasteiger partial charge in [0.15, 0.2) is 5.82 Å². The molecule has 1 N–H and O–H groups in total. The standard InChI is InChI=1S/C19H16Cl2N4OS/c20-19(21)8-4-7-15(11-19)27-12-14-10-17(26)25-18(22-14)23-16(24-25)9-13-5-2-1-3-6-13/h1-8,10,26H,9,11-12H2. The molecule has 138 valence electrons. The molecular formula is C19H16Cl2N4OS. The van der Waals surface area contributed by atoms with E-state index in [1.54, 1.807) is 23.9 Å². The molecule has 2 aromatic heterocycles. The lowest BCUT2D eigenvalue weighted by molar-refractivity contribution is 0.434. The van der Waals surface area contributed by atoms with Gasteiger partial charge in [-0.15, -0.1) is 16.9 Å². The van der Waals surface area contributed by atoms with Gasteiger partial charge >= 0.3 is 0 Å². The Morgan fingerprint density at radius 3 is 2.78 bits per heavy atom. The number of aromatic nitrogens is 4. The molecule has 5 nitrogen and oxygen atoms in total. The Kier molecular flexibility index (Phi) is 5.12. The number of hydrogen-bond donors (Lipinski definition) is 1. The van der Waals surface area contributed by atoms with Crippen LogP contribution >= 0.6 is 35.0 Å². The van der Waals surface area contributed by atoms with Crippen molar-refractivity contribution in [3.05, 3.63) is 76.6 Å². The fraction of sp³-hybridized carbons (Fsp3) is 0.211. The number of fused-ring (bicyclic) bond motifs is 1. The fourth-order valence-corrected chi connectivity index (χ4v) is 4.36. The van der Waals surface area contributed by atoms with E-state index in [0.29, 0.717) is 35.9 Å². The van der Waals surface area contributed by atoms with Gasteiger partial charge in [-0.05, 0) is 16.5 Å². The van der Waals surface area contributed by atoms with Crippen LogP contribution in [0.3, 0.4) is 0 Å². The van der Waals surface area contributed by atoms with E-state index in [9.17, 15) is 5.11 Å². The largest absolute Gasteiger partial charge is 0.493 e. The van der Waals surface area contributed by atoms with Gasteiger partial charge < -0.3 is 5.11 Å². The first-order valence-corrected chi connectivity index (χ1v) is 10.1. The molecule has 0 fully saturated rings. The maximum atomic E-state index is 10.3. The molecular weight excluding hydrogens is 403 g/mol. The normalized spacial score (nSPS) is 15.9. The smallest absolute Gasteiger partial charge is 0.255 e. The molecule has 4 rings (SSSR count). The minimum Gasteiger partial charge on any atom is -0.493 e. The van der Waals surface area contributed by atoms with Gasteiger partial charge in [0.25, 0.3) is 5.78 Å². The van der Waals surface area contributed by atoms with Crippen LogP contribution in [0.2, 0.25) is 0 Å². The molecule has 0 radical (unpaired) electrons. The van der Waals surface area contributed by atoms with Crippen molar-refractivity contribution in [3.8, 4) is 5.88 Å². The monoisotopic (exact) mass is 418 g/mol. The lowest BCUT2D eigenvalue weighted by Crippen LogP contribution is -2.11. The summed E-state index contributed by atoms with van der Waals surface area (Å²) in [5.41, 5.74) is 1.82. The van der Waals surface area contributed by atoms with Crippen LogP contribution in [-0.4, -0.2) is 29.0 Å². The number of nitrogens with zero attached hydrogens (tertiary/aromatic N) is 4. The summed E-state index contributed by atoms with van der Waals surface area (Å²) >= 11 is 13.9. The van der Waals surface area contributed by atoms with Crippen molar-refractivity contribution in [2.45, 2.75) is 22.9 Å². The number of halogens is 2. The lowest BCUT2D eigenvalue weighted by atomic mass is 10.1. The van der Waals surface area contributed by atoms with Crippen molar-refractivity contribution < 1.29 is 5.11 Å². The number of allylic oxidation sites excluding steroid dienone is 4. The molecule has 0 atom stereocenters. The minimum atomic E-state index is -0.865. The van der Waals surface area contributed by atoms with Gasteiger partial charge in [0, 0.05) is 24.7 Å². The van der Waals surface area contributed by atoms with Crippen LogP contribution in [0.15, 0.2) is 59.5 Å². The van der Waals surface area contributed by atoms with E-state index >= 15 is 0 Å². The molecule has 8 heteroatoms. The third-order valence-corrected chi connectivity index (χ3v) is 5.64. The number of hydrogen-bond acceptors (Lipinski definition) is 5. The summed E-state index contributed by atoms with van der Waals surface area (Å²) < 4.78 is 0.494. The molecule has 0 saturated heterocycles. The van der Waals surface area contributed by atoms with Crippen LogP contribution in [0, 0.1) is 0 Å². The van der Waals surface area contributed by atoms with Crippen molar-refractivity contribution >= 4 is 40.7 Å². The Bertz CT molecular complexity index is 1030. The van der Waals surface area contributed by atoms with Gasteiger partial charge in [-0.3, -0.25) is 0 Å². The van der Waals surface area contributed by atoms with Crippen LogP contribution in [0.25, 0.3) is 5.78 Å². The maximum Gasteiger partial charge on any atom is 0.255 e. The first kappa shape index (κ1) is 18.3. The predicted octanol–water partition coefficient (Wildman–Crippen LogP) is 4.67. The van der Waals surface area contributed by atoms with Gasteiger partial charge in [0.1, 0.15) is 4.33 Å². The van der Waals surface area contributed by atoms with Crippen LogP contribution in [0.1, 0.15) is 23.5 Å². The zero-order valence-corrected chi connectivity index (χ0v) is 16.5. The molecule has 1 aromatic carbocycles. The van der Waals surface area contributed by atoms with Crippen molar-refractivity contribution in [2.75, 3.05) is 0 Å². The highest BCUT2D eigenvalue weighted by Gasteiger charge is 2.24. The molecule has 3 aromatic rings. The van der Waals surface area contributed by atoms with E-state index in [2.05, 4.69) is 15.1 Å². The van der Waals surface area contributed by atoms with Gasteiger partial charge in [-0.2, -0.15) is 9.50 Å². The first-order valence-electron chi connectivity index (χ1n) is 8.36. The van der Waals surface area contributed by atoms with E-state index < -0.39 is 4.33 Å². The predicted molar refractivity (Wildman–Crippen MR) is 109 cm³/mol. The van der Waals surface area contributed by atoms with Crippen molar-refractivity contribution in [3.63, 3.8) is 0 Å². The average molecular weight is 419 g/mol. The van der Waals surface area contributed by atoms with Crippen molar-refractivity contribution in [2.24, 2.45) is 0 Å². The third kappa shape index (κ3) is 4.46. The molecule has 0 aliphatic heterocycles. The molecule has 0 saturated carbocycles. The van der Waals surface area contributed by atoms with Gasteiger partial charge in [0.2, 0.25) is 5.88 Å². The summed E-state index contributed by atoms with van der Waals surface area (Å²) in [5.74, 6) is 1.60. The zero-order valence-electron chi connectivity index (χ0n) is 14.2. The second kappa shape index (κ2) is 7.54. The second-order valence-electron chi connectivity index (χ2n) is 6.23. The van der Waals surface area contributed by atoms with E-state index in [0.717, 1.165) is 10.5 Å². The van der Waals surface area contributed by atoms with Crippen LogP contribution < -0.4 is 0 Å². The Balaban J connectivity index is 1.51. The average Bonchev–Trinajstić information content (AvgIpc) is 3.03. The van der Waals surface area contributed by atoms with Crippen LogP contribution in [-0.2, 0) is 12.2 Å². The maximum absolute atomic E-state index is 10.3. The number of rotatable bonds is 5. The van der Waals surface area contributed by atoms with Crippen molar-refractivity contribution in [1.29, 1.82) is 0 Å². The SMILES string of the molecule is Oc1cc(CSC2=CC=CC(Cl)(Cl)C2)nc2nc(Cc3ccccc3)nn12. The first-order chi connectivity index (χ1) is 13.0. The topological polar surface area (TPSA) is 63.3 Å². The fourth-order valence-electron chi connectivity index (χ4n) is 2.78. The molecule has 2 heterocycles. The molecule has 1 aliphatic carbocycles. The summed E-state index contributed by atoms with van der Waals surface area (Å²) in [4.78, 5) is 10.0. The summed E-state index contributed by atoms with van der Waals surface area (Å²) in [6.45, 7) is 0. The number of benzene rings is 1. The van der Waals surface area contributed by atoms with Crippen molar-refractivity contribution in [1.82, 2.24) is 19.6 Å². The van der Waals surface area contributed by atoms with Gasteiger partial charge in [0.05, 0.1) is 5.69 Å². The van der Waals surface area contributed by atoms with E-state index in [-0.39, 0.29) is 5.88 Å². The van der Waals surface area contributed by atoms with E-state index in [1.165, 1.54) is 4.52 Å². The second-order valence-corrected chi connectivity index (χ2v) is 8.87. The Morgan fingerprint density at radius 2 is 2.00 bits per heavy atom. The number of aromatic hydroxyl groups is 1. The molecule has 1 aliphatic rings. The quantitative estimate of drug-likeness (QED) is 0.609. The summed E-state index contributed by atoms with van der Waals surface area (Å²) in [5, 5.41) is 14.6. The summed E-state index contributed by atoms with van der Waals surface area (Å²) in [6, 6.07) is 11.6. The Hall–Kier alpha value is -2.02. The Morgan fingerprint density at radius 1 is 1.19 bits per heavy atom. The molecule has 27 heavy (non-hydrogen) atoms. The highest BCUT2D eigenvalue weighted by atomic mass is 35.5. The minimum absolute atomic E-state index is 0.0176. The summed E-state index contributed by atoms with van der Waals surface area (Å²) in [6.07, 6.45) is 6.74. The number of alkyl halides is 2. The van der Waals surface area contributed by atoms with E-state index in [4.69, 9.17) is 23.2 Å². The molecule has 0 amide bonds. The zero-order chi connectivity index (χ0) is 18.9. The third-order valence-electron chi connectivity index (χ3n) is 4.03. The van der Waals surface area contributed by atoms with Gasteiger partial charge in [-0.1, -0.05) is 65.7 Å². The number of thioether (sulfide) groups is 1.